The molecule has 1 aromatic heterocycles. The Bertz CT molecular complexity index is 759. The summed E-state index contributed by atoms with van der Waals surface area (Å²) >= 11 is 0. The first-order chi connectivity index (χ1) is 11.9. The minimum atomic E-state index is -4.42. The van der Waals surface area contributed by atoms with Crippen LogP contribution in [0.1, 0.15) is 30.4 Å². The van der Waals surface area contributed by atoms with Crippen molar-refractivity contribution in [2.75, 3.05) is 19.6 Å². The molecule has 1 saturated heterocycles. The van der Waals surface area contributed by atoms with Crippen molar-refractivity contribution >= 4 is 0 Å². The highest BCUT2D eigenvalue weighted by Gasteiger charge is 2.33. The van der Waals surface area contributed by atoms with Crippen molar-refractivity contribution in [3.05, 3.63) is 51.8 Å². The highest BCUT2D eigenvalue weighted by atomic mass is 19.4. The molecule has 0 spiro atoms. The van der Waals surface area contributed by atoms with Crippen LogP contribution in [-0.2, 0) is 12.6 Å². The molecule has 0 aliphatic carbocycles. The SMILES string of the molecule is O=c1ccc(-c2ccc(CCN3CCCCC3)c(C(F)(F)F)c2)n[nH]1. The number of halogens is 3. The van der Waals surface area contributed by atoms with Crippen LogP contribution in [0.3, 0.4) is 0 Å². The Kier molecular flexibility index (Phi) is 5.22. The number of hydrogen-bond donors (Lipinski definition) is 1. The second kappa shape index (κ2) is 7.39. The first-order valence-corrected chi connectivity index (χ1v) is 8.42. The number of nitrogens with zero attached hydrogens (tertiary/aromatic N) is 2. The highest BCUT2D eigenvalue weighted by molar-refractivity contribution is 5.60. The molecule has 0 bridgehead atoms. The van der Waals surface area contributed by atoms with Crippen molar-refractivity contribution in [1.82, 2.24) is 15.1 Å². The molecule has 1 aliphatic heterocycles. The Labute approximate surface area is 143 Å². The average molecular weight is 351 g/mol. The van der Waals surface area contributed by atoms with Crippen LogP contribution in [0.4, 0.5) is 13.2 Å². The molecule has 4 nitrogen and oxygen atoms in total. The lowest BCUT2D eigenvalue weighted by Gasteiger charge is -2.26. The number of rotatable bonds is 4. The fraction of sp³-hybridized carbons (Fsp3) is 0.444. The molecular formula is C18H20F3N3O. The van der Waals surface area contributed by atoms with Crippen LogP contribution in [-0.4, -0.2) is 34.7 Å². The quantitative estimate of drug-likeness (QED) is 0.917. The summed E-state index contributed by atoms with van der Waals surface area (Å²) in [4.78, 5) is 13.3. The molecule has 2 heterocycles. The van der Waals surface area contributed by atoms with Gasteiger partial charge in [-0.15, -0.1) is 0 Å². The molecule has 3 rings (SSSR count). The summed E-state index contributed by atoms with van der Waals surface area (Å²) in [5.74, 6) is 0. The Morgan fingerprint density at radius 2 is 1.84 bits per heavy atom. The smallest absolute Gasteiger partial charge is 0.303 e. The van der Waals surface area contributed by atoms with Crippen molar-refractivity contribution in [2.24, 2.45) is 0 Å². The highest BCUT2D eigenvalue weighted by Crippen LogP contribution is 2.35. The lowest BCUT2D eigenvalue weighted by molar-refractivity contribution is -0.138. The number of likely N-dealkylation sites (tertiary alicyclic amines) is 1. The van der Waals surface area contributed by atoms with E-state index in [2.05, 4.69) is 15.1 Å². The van der Waals surface area contributed by atoms with Crippen LogP contribution in [0, 0.1) is 0 Å². The van der Waals surface area contributed by atoms with Gasteiger partial charge >= 0.3 is 6.18 Å². The molecule has 0 saturated carbocycles. The van der Waals surface area contributed by atoms with E-state index in [-0.39, 0.29) is 0 Å². The van der Waals surface area contributed by atoms with Crippen LogP contribution in [0.2, 0.25) is 0 Å². The molecule has 7 heteroatoms. The maximum absolute atomic E-state index is 13.5. The van der Waals surface area contributed by atoms with E-state index < -0.39 is 17.3 Å². The van der Waals surface area contributed by atoms with Gasteiger partial charge in [0.2, 0.25) is 0 Å². The maximum atomic E-state index is 13.5. The summed E-state index contributed by atoms with van der Waals surface area (Å²) in [6, 6.07) is 6.93. The van der Waals surface area contributed by atoms with Gasteiger partial charge in [0, 0.05) is 18.2 Å². The second-order valence-corrected chi connectivity index (χ2v) is 6.33. The summed E-state index contributed by atoms with van der Waals surface area (Å²) in [6.45, 7) is 2.56. The van der Waals surface area contributed by atoms with E-state index >= 15 is 0 Å². The number of H-pyrrole nitrogens is 1. The number of piperidine rings is 1. The maximum Gasteiger partial charge on any atom is 0.416 e. The zero-order valence-electron chi connectivity index (χ0n) is 13.8. The van der Waals surface area contributed by atoms with Crippen LogP contribution >= 0.6 is 0 Å². The Morgan fingerprint density at radius 3 is 2.48 bits per heavy atom. The largest absolute Gasteiger partial charge is 0.416 e. The summed E-state index contributed by atoms with van der Waals surface area (Å²) < 4.78 is 40.4. The minimum absolute atomic E-state index is 0.297. The molecule has 1 aliphatic rings. The Hall–Kier alpha value is -2.15. The van der Waals surface area contributed by atoms with Crippen LogP contribution in [0.5, 0.6) is 0 Å². The normalized spacial score (nSPS) is 16.1. The van der Waals surface area contributed by atoms with E-state index in [4.69, 9.17) is 0 Å². The minimum Gasteiger partial charge on any atom is -0.303 e. The van der Waals surface area contributed by atoms with E-state index in [1.807, 2.05) is 0 Å². The first kappa shape index (κ1) is 17.7. The standard InChI is InChI=1S/C18H20F3N3O/c19-18(20,21)15-12-14(16-6-7-17(25)23-22-16)5-4-13(15)8-11-24-9-2-1-3-10-24/h4-7,12H,1-3,8-11H2,(H,23,25). The molecule has 0 atom stereocenters. The third kappa shape index (κ3) is 4.48. The zero-order valence-corrected chi connectivity index (χ0v) is 13.8. The fourth-order valence-electron chi connectivity index (χ4n) is 3.18. The molecule has 25 heavy (non-hydrogen) atoms. The fourth-order valence-corrected chi connectivity index (χ4v) is 3.18. The van der Waals surface area contributed by atoms with Gasteiger partial charge in [-0.2, -0.15) is 18.3 Å². The van der Waals surface area contributed by atoms with Crippen molar-refractivity contribution in [3.63, 3.8) is 0 Å². The van der Waals surface area contributed by atoms with Gasteiger partial charge in [0.25, 0.3) is 5.56 Å². The van der Waals surface area contributed by atoms with Crippen molar-refractivity contribution in [1.29, 1.82) is 0 Å². The summed E-state index contributed by atoms with van der Waals surface area (Å²) in [7, 11) is 0. The number of aromatic amines is 1. The van der Waals surface area contributed by atoms with Crippen molar-refractivity contribution in [2.45, 2.75) is 31.9 Å². The van der Waals surface area contributed by atoms with E-state index in [9.17, 15) is 18.0 Å². The van der Waals surface area contributed by atoms with Crippen molar-refractivity contribution in [3.8, 4) is 11.3 Å². The summed E-state index contributed by atoms with van der Waals surface area (Å²) in [5, 5.41) is 6.05. The number of nitrogens with one attached hydrogen (secondary N) is 1. The monoisotopic (exact) mass is 351 g/mol. The van der Waals surface area contributed by atoms with Gasteiger partial charge in [-0.3, -0.25) is 4.79 Å². The Balaban J connectivity index is 1.84. The topological polar surface area (TPSA) is 49.0 Å². The van der Waals surface area contributed by atoms with Crippen molar-refractivity contribution < 1.29 is 13.2 Å². The van der Waals surface area contributed by atoms with Gasteiger partial charge in [-0.25, -0.2) is 5.10 Å². The van der Waals surface area contributed by atoms with E-state index in [0.29, 0.717) is 29.8 Å². The van der Waals surface area contributed by atoms with Gasteiger partial charge in [0.1, 0.15) is 0 Å². The third-order valence-electron chi connectivity index (χ3n) is 4.54. The summed E-state index contributed by atoms with van der Waals surface area (Å²) in [6.07, 6.45) is -0.624. The first-order valence-electron chi connectivity index (χ1n) is 8.42. The molecular weight excluding hydrogens is 331 g/mol. The molecule has 2 aromatic rings. The molecule has 1 N–H and O–H groups in total. The van der Waals surface area contributed by atoms with Gasteiger partial charge in [-0.1, -0.05) is 18.6 Å². The van der Waals surface area contributed by atoms with Gasteiger partial charge in [0.15, 0.2) is 0 Å². The van der Waals surface area contributed by atoms with E-state index in [1.54, 1.807) is 6.07 Å². The molecule has 0 radical (unpaired) electrons. The molecule has 1 aromatic carbocycles. The van der Waals surface area contributed by atoms with Gasteiger partial charge in [-0.05, 0) is 50.0 Å². The molecule has 134 valence electrons. The number of hydrogen-bond acceptors (Lipinski definition) is 3. The van der Waals surface area contributed by atoms with Gasteiger partial charge < -0.3 is 4.90 Å². The predicted molar refractivity (Wildman–Crippen MR) is 89.3 cm³/mol. The third-order valence-corrected chi connectivity index (χ3v) is 4.54. The predicted octanol–water partition coefficient (Wildman–Crippen LogP) is 3.48. The lowest BCUT2D eigenvalue weighted by Crippen LogP contribution is -2.31. The summed E-state index contributed by atoms with van der Waals surface area (Å²) in [5.41, 5.74) is -0.0721. The second-order valence-electron chi connectivity index (χ2n) is 6.33. The molecule has 1 fully saturated rings. The number of aromatic nitrogens is 2. The van der Waals surface area contributed by atoms with Crippen LogP contribution < -0.4 is 5.56 Å². The lowest BCUT2D eigenvalue weighted by atomic mass is 9.98. The van der Waals surface area contributed by atoms with E-state index in [1.165, 1.54) is 24.6 Å². The Morgan fingerprint density at radius 1 is 1.08 bits per heavy atom. The number of benzene rings is 1. The van der Waals surface area contributed by atoms with E-state index in [0.717, 1.165) is 32.0 Å². The van der Waals surface area contributed by atoms with Crippen LogP contribution in [0.15, 0.2) is 35.1 Å². The van der Waals surface area contributed by atoms with Gasteiger partial charge in [0.05, 0.1) is 11.3 Å². The molecule has 0 amide bonds. The average Bonchev–Trinajstić information content (AvgIpc) is 2.61. The number of alkyl halides is 3. The molecule has 0 unspecified atom stereocenters. The van der Waals surface area contributed by atoms with Crippen LogP contribution in [0.25, 0.3) is 11.3 Å². The zero-order chi connectivity index (χ0) is 17.9.